The SMILES string of the molecule is Cc1cc2cc(C(=O)Nn3c(=O)[nH]n(-c4ccccc4)c3=O)[nH]c2s1. The van der Waals surface area contributed by atoms with Gasteiger partial charge < -0.3 is 4.98 Å². The van der Waals surface area contributed by atoms with Gasteiger partial charge in [-0.2, -0.15) is 4.68 Å². The number of hydrogen-bond donors (Lipinski definition) is 3. The van der Waals surface area contributed by atoms with Gasteiger partial charge >= 0.3 is 11.4 Å². The minimum Gasteiger partial charge on any atom is -0.342 e. The van der Waals surface area contributed by atoms with E-state index in [-0.39, 0.29) is 5.69 Å². The van der Waals surface area contributed by atoms with E-state index in [2.05, 4.69) is 15.5 Å². The minimum atomic E-state index is -0.730. The molecule has 0 aliphatic heterocycles. The molecule has 0 fully saturated rings. The molecule has 0 bridgehead atoms. The summed E-state index contributed by atoms with van der Waals surface area (Å²) in [4.78, 5) is 41.8. The summed E-state index contributed by atoms with van der Waals surface area (Å²) in [5.74, 6) is -0.570. The van der Waals surface area contributed by atoms with Gasteiger partial charge in [0.25, 0.3) is 5.91 Å². The number of H-pyrrole nitrogens is 2. The molecule has 1 aromatic carbocycles. The van der Waals surface area contributed by atoms with Crippen molar-refractivity contribution >= 4 is 27.5 Å². The fourth-order valence-electron chi connectivity index (χ4n) is 2.57. The third kappa shape index (κ3) is 2.60. The molecule has 1 amide bonds. The number of nitrogens with zero attached hydrogens (tertiary/aromatic N) is 2. The number of aromatic amines is 2. The van der Waals surface area contributed by atoms with Crippen LogP contribution in [0.3, 0.4) is 0 Å². The maximum atomic E-state index is 12.4. The van der Waals surface area contributed by atoms with Crippen LogP contribution in [-0.2, 0) is 0 Å². The third-order valence-electron chi connectivity index (χ3n) is 3.70. The number of benzene rings is 1. The molecule has 3 N–H and O–H groups in total. The first kappa shape index (κ1) is 15.2. The lowest BCUT2D eigenvalue weighted by molar-refractivity contribution is 0.100. The molecular formula is C16H13N5O3S. The van der Waals surface area contributed by atoms with Crippen LogP contribution in [0.4, 0.5) is 0 Å². The molecule has 4 rings (SSSR count). The summed E-state index contributed by atoms with van der Waals surface area (Å²) in [6.07, 6.45) is 0. The van der Waals surface area contributed by atoms with Crippen LogP contribution in [0, 0.1) is 6.92 Å². The zero-order chi connectivity index (χ0) is 17.6. The molecule has 3 heterocycles. The number of aromatic nitrogens is 4. The number of carbonyl (C=O) groups excluding carboxylic acids is 1. The normalized spacial score (nSPS) is 11.1. The number of amides is 1. The summed E-state index contributed by atoms with van der Waals surface area (Å²) in [7, 11) is 0. The van der Waals surface area contributed by atoms with Gasteiger partial charge in [0.2, 0.25) is 0 Å². The lowest BCUT2D eigenvalue weighted by Crippen LogP contribution is -2.39. The Bertz CT molecular complexity index is 1160. The highest BCUT2D eigenvalue weighted by molar-refractivity contribution is 7.18. The largest absolute Gasteiger partial charge is 0.371 e. The first-order valence-corrected chi connectivity index (χ1v) is 8.24. The molecule has 0 spiro atoms. The van der Waals surface area contributed by atoms with Crippen molar-refractivity contribution in [1.82, 2.24) is 19.4 Å². The highest BCUT2D eigenvalue weighted by atomic mass is 32.1. The van der Waals surface area contributed by atoms with Crippen molar-refractivity contribution in [3.05, 3.63) is 74.0 Å². The molecule has 0 saturated carbocycles. The van der Waals surface area contributed by atoms with E-state index in [1.165, 1.54) is 11.3 Å². The van der Waals surface area contributed by atoms with E-state index >= 15 is 0 Å². The van der Waals surface area contributed by atoms with E-state index in [9.17, 15) is 14.4 Å². The average molecular weight is 355 g/mol. The van der Waals surface area contributed by atoms with Crippen LogP contribution in [0.1, 0.15) is 15.4 Å². The number of carbonyl (C=O) groups is 1. The predicted octanol–water partition coefficient (Wildman–Crippen LogP) is 1.56. The summed E-state index contributed by atoms with van der Waals surface area (Å²) in [6.45, 7) is 1.98. The summed E-state index contributed by atoms with van der Waals surface area (Å²) in [5, 5.41) is 3.32. The maximum Gasteiger partial charge on any atom is 0.371 e. The molecule has 0 saturated heterocycles. The molecule has 25 heavy (non-hydrogen) atoms. The van der Waals surface area contributed by atoms with Crippen LogP contribution in [0.15, 0.2) is 52.1 Å². The number of thiophene rings is 1. The summed E-state index contributed by atoms with van der Waals surface area (Å²) in [6, 6.07) is 12.3. The topological polar surface area (TPSA) is 105 Å². The van der Waals surface area contributed by atoms with Crippen molar-refractivity contribution in [2.24, 2.45) is 0 Å². The standard InChI is InChI=1S/C16H13N5O3S/c1-9-7-10-8-12(17-14(10)25-9)13(22)18-21-15(23)19-20(16(21)24)11-5-3-2-4-6-11/h2-8,17H,1H3,(H,18,22)(H,19,23). The van der Waals surface area contributed by atoms with Crippen LogP contribution in [-0.4, -0.2) is 25.3 Å². The summed E-state index contributed by atoms with van der Waals surface area (Å²) in [5.41, 5.74) is 1.68. The number of nitrogens with one attached hydrogen (secondary N) is 3. The number of hydrogen-bond acceptors (Lipinski definition) is 4. The Morgan fingerprint density at radius 3 is 2.64 bits per heavy atom. The smallest absolute Gasteiger partial charge is 0.342 e. The fourth-order valence-corrected chi connectivity index (χ4v) is 3.47. The molecule has 9 heteroatoms. The highest BCUT2D eigenvalue weighted by Gasteiger charge is 2.16. The Morgan fingerprint density at radius 1 is 1.16 bits per heavy atom. The quantitative estimate of drug-likeness (QED) is 0.519. The second kappa shape index (κ2) is 5.64. The lowest BCUT2D eigenvalue weighted by atomic mass is 10.3. The second-order valence-electron chi connectivity index (χ2n) is 5.47. The number of fused-ring (bicyclic) bond motifs is 1. The zero-order valence-corrected chi connectivity index (χ0v) is 13.9. The van der Waals surface area contributed by atoms with Gasteiger partial charge in [0.05, 0.1) is 5.69 Å². The monoisotopic (exact) mass is 355 g/mol. The molecule has 0 aliphatic carbocycles. The molecule has 0 atom stereocenters. The summed E-state index contributed by atoms with van der Waals surface area (Å²) < 4.78 is 1.72. The Labute approximate surface area is 144 Å². The van der Waals surface area contributed by atoms with Gasteiger partial charge in [-0.25, -0.2) is 20.1 Å². The first-order valence-electron chi connectivity index (χ1n) is 7.43. The minimum absolute atomic E-state index is 0.278. The molecule has 3 aromatic heterocycles. The van der Waals surface area contributed by atoms with E-state index in [1.807, 2.05) is 13.0 Å². The van der Waals surface area contributed by atoms with E-state index < -0.39 is 17.3 Å². The van der Waals surface area contributed by atoms with Gasteiger partial charge in [-0.3, -0.25) is 4.79 Å². The van der Waals surface area contributed by atoms with E-state index in [0.29, 0.717) is 10.4 Å². The molecule has 0 unspecified atom stereocenters. The van der Waals surface area contributed by atoms with Crippen molar-refractivity contribution in [2.45, 2.75) is 6.92 Å². The third-order valence-corrected chi connectivity index (χ3v) is 4.68. The number of para-hydroxylation sites is 1. The van der Waals surface area contributed by atoms with Crippen molar-refractivity contribution < 1.29 is 4.79 Å². The average Bonchev–Trinajstić information content (AvgIpc) is 3.22. The number of aryl methyl sites for hydroxylation is 1. The zero-order valence-electron chi connectivity index (χ0n) is 13.1. The Kier molecular flexibility index (Phi) is 3.43. The molecule has 126 valence electrons. The van der Waals surface area contributed by atoms with E-state index in [0.717, 1.165) is 19.8 Å². The molecule has 0 aliphatic rings. The van der Waals surface area contributed by atoms with Crippen LogP contribution in [0.25, 0.3) is 15.9 Å². The van der Waals surface area contributed by atoms with Gasteiger partial charge in [-0.15, -0.1) is 16.0 Å². The van der Waals surface area contributed by atoms with Crippen LogP contribution in [0.5, 0.6) is 0 Å². The molecule has 0 radical (unpaired) electrons. The van der Waals surface area contributed by atoms with Crippen molar-refractivity contribution in [2.75, 3.05) is 5.43 Å². The van der Waals surface area contributed by atoms with Crippen molar-refractivity contribution in [1.29, 1.82) is 0 Å². The second-order valence-corrected chi connectivity index (χ2v) is 6.73. The lowest BCUT2D eigenvalue weighted by Gasteiger charge is -2.01. The fraction of sp³-hybridized carbons (Fsp3) is 0.0625. The Balaban J connectivity index is 1.67. The van der Waals surface area contributed by atoms with Gasteiger partial charge in [0.15, 0.2) is 0 Å². The van der Waals surface area contributed by atoms with Crippen LogP contribution >= 0.6 is 11.3 Å². The Hall–Kier alpha value is -3.33. The first-order chi connectivity index (χ1) is 12.0. The molecule has 4 aromatic rings. The molecule has 8 nitrogen and oxygen atoms in total. The molecular weight excluding hydrogens is 342 g/mol. The Morgan fingerprint density at radius 2 is 1.92 bits per heavy atom. The van der Waals surface area contributed by atoms with Crippen LogP contribution in [0.2, 0.25) is 0 Å². The van der Waals surface area contributed by atoms with Gasteiger partial charge in [-0.1, -0.05) is 18.2 Å². The number of rotatable bonds is 3. The van der Waals surface area contributed by atoms with E-state index in [1.54, 1.807) is 36.4 Å². The van der Waals surface area contributed by atoms with Crippen molar-refractivity contribution in [3.63, 3.8) is 0 Å². The van der Waals surface area contributed by atoms with E-state index in [4.69, 9.17) is 0 Å². The predicted molar refractivity (Wildman–Crippen MR) is 95.3 cm³/mol. The van der Waals surface area contributed by atoms with Crippen molar-refractivity contribution in [3.8, 4) is 5.69 Å². The van der Waals surface area contributed by atoms with Gasteiger partial charge in [-0.05, 0) is 31.2 Å². The highest BCUT2D eigenvalue weighted by Crippen LogP contribution is 2.25. The maximum absolute atomic E-state index is 12.4. The van der Waals surface area contributed by atoms with Gasteiger partial charge in [0.1, 0.15) is 10.5 Å². The summed E-state index contributed by atoms with van der Waals surface area (Å²) >= 11 is 1.53. The van der Waals surface area contributed by atoms with Crippen LogP contribution < -0.4 is 16.8 Å². The van der Waals surface area contributed by atoms with Gasteiger partial charge in [0, 0.05) is 10.3 Å².